The summed E-state index contributed by atoms with van der Waals surface area (Å²) in [5.41, 5.74) is 22.6. The van der Waals surface area contributed by atoms with Gasteiger partial charge in [0.25, 0.3) is 0 Å². The van der Waals surface area contributed by atoms with E-state index in [1.165, 1.54) is 60.9 Å². The van der Waals surface area contributed by atoms with Crippen molar-refractivity contribution in [1.29, 1.82) is 0 Å². The van der Waals surface area contributed by atoms with Gasteiger partial charge in [0.2, 0.25) is 0 Å². The molecule has 14 rings (SSSR count). The van der Waals surface area contributed by atoms with Crippen LogP contribution in [0, 0.1) is 0 Å². The lowest BCUT2D eigenvalue weighted by Crippen LogP contribution is -2.09. The number of aromatic nitrogens is 1. The molecule has 3 nitrogen and oxygen atoms in total. The number of hydrogen-bond donors (Lipinski definition) is 0. The quantitative estimate of drug-likeness (QED) is 0.136. The number of rotatable bonds is 10. The Labute approximate surface area is 436 Å². The summed E-state index contributed by atoms with van der Waals surface area (Å²) in [6.45, 7) is 0. The fourth-order valence-electron chi connectivity index (χ4n) is 11.1. The van der Waals surface area contributed by atoms with Gasteiger partial charge in [-0.2, -0.15) is 0 Å². The van der Waals surface area contributed by atoms with E-state index < -0.39 is 0 Å². The van der Waals surface area contributed by atoms with Crippen molar-refractivity contribution < 1.29 is 4.42 Å². The van der Waals surface area contributed by atoms with Crippen LogP contribution in [-0.2, 0) is 0 Å². The van der Waals surface area contributed by atoms with Gasteiger partial charge in [-0.25, -0.2) is 0 Å². The zero-order valence-electron chi connectivity index (χ0n) is 41.0. The molecule has 2 heterocycles. The lowest BCUT2D eigenvalue weighted by Gasteiger charge is -2.26. The normalized spacial score (nSPS) is 11.5. The molecule has 0 aliphatic carbocycles. The molecule has 352 valence electrons. The largest absolute Gasteiger partial charge is 0.455 e. The van der Waals surface area contributed by atoms with Gasteiger partial charge in [-0.05, 0) is 122 Å². The first kappa shape index (κ1) is 43.8. The van der Waals surface area contributed by atoms with Gasteiger partial charge in [0.1, 0.15) is 11.2 Å². The van der Waals surface area contributed by atoms with Crippen molar-refractivity contribution in [3.63, 3.8) is 0 Å². The zero-order valence-corrected chi connectivity index (χ0v) is 41.0. The second-order valence-electron chi connectivity index (χ2n) is 19.2. The molecule has 0 atom stereocenters. The van der Waals surface area contributed by atoms with Crippen molar-refractivity contribution >= 4 is 60.8 Å². The molecule has 0 aliphatic rings. The van der Waals surface area contributed by atoms with E-state index in [0.717, 1.165) is 72.4 Å². The molecule has 0 saturated carbocycles. The Morgan fingerprint density at radius 3 is 1.23 bits per heavy atom. The molecule has 0 aliphatic heterocycles. The van der Waals surface area contributed by atoms with Crippen molar-refractivity contribution in [2.75, 3.05) is 4.90 Å². The maximum Gasteiger partial charge on any atom is 0.143 e. The van der Waals surface area contributed by atoms with E-state index in [0.29, 0.717) is 0 Å². The van der Waals surface area contributed by atoms with Crippen LogP contribution < -0.4 is 4.90 Å². The summed E-state index contributed by atoms with van der Waals surface area (Å²) in [7, 11) is 0. The third-order valence-electron chi connectivity index (χ3n) is 14.9. The van der Waals surface area contributed by atoms with E-state index in [2.05, 4.69) is 289 Å². The molecule has 0 N–H and O–H groups in total. The fraction of sp³-hybridized carbons (Fsp3) is 0. The molecule has 0 fully saturated rings. The van der Waals surface area contributed by atoms with Gasteiger partial charge in [0.15, 0.2) is 0 Å². The minimum absolute atomic E-state index is 0.904. The van der Waals surface area contributed by atoms with Crippen LogP contribution >= 0.6 is 0 Å². The highest BCUT2D eigenvalue weighted by Gasteiger charge is 2.18. The monoisotopic (exact) mass is 956 g/mol. The number of benzene rings is 12. The van der Waals surface area contributed by atoms with Crippen molar-refractivity contribution in [3.8, 4) is 72.4 Å². The highest BCUT2D eigenvalue weighted by Crippen LogP contribution is 2.41. The summed E-state index contributed by atoms with van der Waals surface area (Å²) < 4.78 is 8.86. The smallest absolute Gasteiger partial charge is 0.143 e. The summed E-state index contributed by atoms with van der Waals surface area (Å²) in [4.78, 5) is 2.35. The lowest BCUT2D eigenvalue weighted by molar-refractivity contribution is 0.670. The summed E-state index contributed by atoms with van der Waals surface area (Å²) in [5.74, 6) is 0. The van der Waals surface area contributed by atoms with Crippen LogP contribution in [0.3, 0.4) is 0 Å². The molecule has 3 heteroatoms. The summed E-state index contributed by atoms with van der Waals surface area (Å²) in [6.07, 6.45) is 0. The predicted molar refractivity (Wildman–Crippen MR) is 315 cm³/mol. The second kappa shape index (κ2) is 18.6. The van der Waals surface area contributed by atoms with E-state index in [4.69, 9.17) is 4.42 Å². The van der Waals surface area contributed by atoms with Gasteiger partial charge in [0.05, 0.1) is 16.7 Å². The van der Waals surface area contributed by atoms with Crippen LogP contribution in [0.4, 0.5) is 17.1 Å². The SMILES string of the molecule is c1ccc(-c2ccc(-c3ccc(N(c4ccc(-c5ccc(-c6ccccc6-n6c7ccccc7c7ccccc76)cc5)cc4)c4ccc(-c5cccc(-c6cccc7c6oc6ccccc67)c5)cc4)cc3)cc2)cc1. The molecule has 0 bridgehead atoms. The average Bonchev–Trinajstić information content (AvgIpc) is 4.06. The van der Waals surface area contributed by atoms with Crippen LogP contribution in [0.2, 0.25) is 0 Å². The second-order valence-corrected chi connectivity index (χ2v) is 19.2. The first-order valence-electron chi connectivity index (χ1n) is 25.6. The first-order chi connectivity index (χ1) is 37.2. The Balaban J connectivity index is 0.786. The first-order valence-corrected chi connectivity index (χ1v) is 25.6. The van der Waals surface area contributed by atoms with Crippen molar-refractivity contribution in [1.82, 2.24) is 4.57 Å². The molecule has 12 aromatic carbocycles. The average molecular weight is 957 g/mol. The Hall–Kier alpha value is -9.96. The van der Waals surface area contributed by atoms with Crippen molar-refractivity contribution in [2.24, 2.45) is 0 Å². The molecule has 0 unspecified atom stereocenters. The third-order valence-corrected chi connectivity index (χ3v) is 14.9. The van der Waals surface area contributed by atoms with E-state index in [1.807, 2.05) is 12.1 Å². The van der Waals surface area contributed by atoms with E-state index in [9.17, 15) is 0 Å². The van der Waals surface area contributed by atoms with Gasteiger partial charge >= 0.3 is 0 Å². The topological polar surface area (TPSA) is 21.3 Å². The Bertz CT molecular complexity index is 4300. The number of furan rings is 1. The number of anilines is 3. The fourth-order valence-corrected chi connectivity index (χ4v) is 11.1. The van der Waals surface area contributed by atoms with Gasteiger partial charge < -0.3 is 13.9 Å². The zero-order chi connectivity index (χ0) is 49.7. The van der Waals surface area contributed by atoms with Gasteiger partial charge in [0, 0.05) is 49.7 Å². The summed E-state index contributed by atoms with van der Waals surface area (Å²) >= 11 is 0. The van der Waals surface area contributed by atoms with Gasteiger partial charge in [-0.1, -0.05) is 224 Å². The number of para-hydroxylation sites is 5. The maximum atomic E-state index is 6.45. The molecule has 75 heavy (non-hydrogen) atoms. The molecule has 0 saturated heterocycles. The number of hydrogen-bond acceptors (Lipinski definition) is 2. The van der Waals surface area contributed by atoms with Crippen LogP contribution in [0.1, 0.15) is 0 Å². The van der Waals surface area contributed by atoms with Crippen molar-refractivity contribution in [2.45, 2.75) is 0 Å². The highest BCUT2D eigenvalue weighted by molar-refractivity contribution is 6.11. The highest BCUT2D eigenvalue weighted by atomic mass is 16.3. The third kappa shape index (κ3) is 7.95. The van der Waals surface area contributed by atoms with E-state index in [-0.39, 0.29) is 0 Å². The summed E-state index contributed by atoms with van der Waals surface area (Å²) in [5, 5.41) is 4.78. The van der Waals surface area contributed by atoms with Crippen LogP contribution in [0.25, 0.3) is 116 Å². The van der Waals surface area contributed by atoms with Crippen molar-refractivity contribution in [3.05, 3.63) is 291 Å². The van der Waals surface area contributed by atoms with Gasteiger partial charge in [-0.3, -0.25) is 0 Å². The molecular formula is C72H48N2O. The van der Waals surface area contributed by atoms with E-state index >= 15 is 0 Å². The summed E-state index contributed by atoms with van der Waals surface area (Å²) in [6, 6.07) is 105. The van der Waals surface area contributed by atoms with Crippen LogP contribution in [0.15, 0.2) is 296 Å². The number of fused-ring (bicyclic) bond motifs is 6. The Morgan fingerprint density at radius 1 is 0.253 bits per heavy atom. The Kier molecular flexibility index (Phi) is 10.8. The molecule has 0 amide bonds. The lowest BCUT2D eigenvalue weighted by atomic mass is 9.97. The molecule has 0 spiro atoms. The number of nitrogens with zero attached hydrogens (tertiary/aromatic N) is 2. The molecular weight excluding hydrogens is 909 g/mol. The van der Waals surface area contributed by atoms with Crippen LogP contribution in [0.5, 0.6) is 0 Å². The standard InChI is InChI=1S/C72H48N2O/c1-2-14-49(15-3-1)50-28-30-51(31-29-50)53-36-42-59(43-37-53)73(61-46-40-55(41-47-61)57-16-12-17-58(48-57)63-22-13-23-67-66-21-7-11-27-71(66)75-72(63)67)60-44-38-54(39-45-60)52-32-34-56(35-33-52)62-18-4-8-24-68(62)74-69-25-9-5-19-64(69)65-20-6-10-26-70(65)74/h1-48H. The predicted octanol–water partition coefficient (Wildman–Crippen LogP) is 20.2. The molecule has 0 radical (unpaired) electrons. The Morgan fingerprint density at radius 2 is 0.640 bits per heavy atom. The van der Waals surface area contributed by atoms with Crippen LogP contribution in [-0.4, -0.2) is 4.57 Å². The van der Waals surface area contributed by atoms with E-state index in [1.54, 1.807) is 0 Å². The minimum Gasteiger partial charge on any atom is -0.455 e. The molecule has 2 aromatic heterocycles. The molecule has 14 aromatic rings. The van der Waals surface area contributed by atoms with Gasteiger partial charge in [-0.15, -0.1) is 0 Å². The maximum absolute atomic E-state index is 6.45. The minimum atomic E-state index is 0.904.